The Balaban J connectivity index is 1.17. The first-order chi connectivity index (χ1) is 24.3. The molecular weight excluding hydrogens is 615 g/mol. The molecule has 4 heteroatoms. The first-order valence-electron chi connectivity index (χ1n) is 16.4. The highest BCUT2D eigenvalue weighted by Crippen LogP contribution is 2.40. The highest BCUT2D eigenvalue weighted by atomic mass is 32.1. The van der Waals surface area contributed by atoms with Crippen molar-refractivity contribution in [1.29, 1.82) is 0 Å². The lowest BCUT2D eigenvalue weighted by molar-refractivity contribution is 1.08. The van der Waals surface area contributed by atoms with Gasteiger partial charge in [0.25, 0.3) is 0 Å². The molecular formula is C45H27N3S. The summed E-state index contributed by atoms with van der Waals surface area (Å²) in [7, 11) is 0. The maximum atomic E-state index is 5.19. The Morgan fingerprint density at radius 1 is 0.327 bits per heavy atom. The molecule has 2 aromatic heterocycles. The zero-order valence-electron chi connectivity index (χ0n) is 26.3. The smallest absolute Gasteiger partial charge is 0.164 e. The summed E-state index contributed by atoms with van der Waals surface area (Å²) in [4.78, 5) is 15.5. The van der Waals surface area contributed by atoms with Crippen molar-refractivity contribution in [3.63, 3.8) is 0 Å². The van der Waals surface area contributed by atoms with Crippen LogP contribution in [-0.4, -0.2) is 15.0 Å². The predicted octanol–water partition coefficient (Wildman–Crippen LogP) is 12.4. The van der Waals surface area contributed by atoms with E-state index in [1.807, 2.05) is 6.07 Å². The molecule has 0 spiro atoms. The zero-order valence-corrected chi connectivity index (χ0v) is 27.2. The van der Waals surface area contributed by atoms with Crippen LogP contribution in [0.4, 0.5) is 0 Å². The quantitative estimate of drug-likeness (QED) is 0.180. The highest BCUT2D eigenvalue weighted by Gasteiger charge is 2.17. The number of benzene rings is 8. The van der Waals surface area contributed by atoms with E-state index in [0.29, 0.717) is 17.5 Å². The van der Waals surface area contributed by atoms with Crippen molar-refractivity contribution in [3.8, 4) is 45.3 Å². The summed E-state index contributed by atoms with van der Waals surface area (Å²) < 4.78 is 2.48. The Hall–Kier alpha value is -6.23. The van der Waals surface area contributed by atoms with Crippen LogP contribution < -0.4 is 0 Å². The molecule has 0 saturated heterocycles. The number of nitrogens with zero attached hydrogens (tertiary/aromatic N) is 3. The van der Waals surface area contributed by atoms with Crippen LogP contribution in [0.5, 0.6) is 0 Å². The lowest BCUT2D eigenvalue weighted by Crippen LogP contribution is -2.00. The van der Waals surface area contributed by atoms with Gasteiger partial charge < -0.3 is 0 Å². The summed E-state index contributed by atoms with van der Waals surface area (Å²) in [5.41, 5.74) is 5.26. The van der Waals surface area contributed by atoms with Crippen molar-refractivity contribution in [2.45, 2.75) is 0 Å². The Morgan fingerprint density at radius 2 is 0.898 bits per heavy atom. The second kappa shape index (κ2) is 11.2. The maximum absolute atomic E-state index is 5.19. The summed E-state index contributed by atoms with van der Waals surface area (Å²) in [5, 5.41) is 9.80. The van der Waals surface area contributed by atoms with Gasteiger partial charge in [0.1, 0.15) is 0 Å². The SMILES string of the molecule is c1ccc(-c2ccc(-c3nc(-c4ccc5c(ccc6c7ccccc7ccc56)c4)nc(-c4cccc5sc6ccccc6c45)n3)cc2)cc1. The molecule has 0 bridgehead atoms. The van der Waals surface area contributed by atoms with Gasteiger partial charge in [0.15, 0.2) is 17.5 Å². The molecule has 0 fully saturated rings. The maximum Gasteiger partial charge on any atom is 0.164 e. The molecule has 0 atom stereocenters. The van der Waals surface area contributed by atoms with Crippen LogP contribution in [0.25, 0.3) is 97.8 Å². The number of hydrogen-bond donors (Lipinski definition) is 0. The summed E-state index contributed by atoms with van der Waals surface area (Å²) in [6, 6.07) is 58.0. The molecule has 228 valence electrons. The van der Waals surface area contributed by atoms with E-state index in [0.717, 1.165) is 27.6 Å². The van der Waals surface area contributed by atoms with Crippen LogP contribution in [0, 0.1) is 0 Å². The molecule has 0 saturated carbocycles. The summed E-state index contributed by atoms with van der Waals surface area (Å²) in [5.74, 6) is 1.98. The van der Waals surface area contributed by atoms with Gasteiger partial charge in [0.05, 0.1) is 0 Å². The van der Waals surface area contributed by atoms with E-state index in [2.05, 4.69) is 158 Å². The van der Waals surface area contributed by atoms with Crippen LogP contribution in [-0.2, 0) is 0 Å². The minimum atomic E-state index is 0.654. The van der Waals surface area contributed by atoms with Gasteiger partial charge in [-0.1, -0.05) is 146 Å². The van der Waals surface area contributed by atoms with Gasteiger partial charge >= 0.3 is 0 Å². The Labute approximate surface area is 286 Å². The number of hydrogen-bond acceptors (Lipinski definition) is 4. The van der Waals surface area contributed by atoms with Crippen molar-refractivity contribution in [3.05, 3.63) is 164 Å². The van der Waals surface area contributed by atoms with Gasteiger partial charge in [-0.05, 0) is 61.6 Å². The Kier molecular flexibility index (Phi) is 6.36. The molecule has 0 N–H and O–H groups in total. The average molecular weight is 642 g/mol. The molecule has 2 heterocycles. The van der Waals surface area contributed by atoms with Crippen LogP contribution in [0.15, 0.2) is 164 Å². The van der Waals surface area contributed by atoms with Crippen LogP contribution in [0.2, 0.25) is 0 Å². The van der Waals surface area contributed by atoms with Gasteiger partial charge in [-0.3, -0.25) is 0 Å². The minimum Gasteiger partial charge on any atom is -0.208 e. The predicted molar refractivity (Wildman–Crippen MR) is 207 cm³/mol. The molecule has 0 radical (unpaired) electrons. The summed E-state index contributed by atoms with van der Waals surface area (Å²) in [6.45, 7) is 0. The van der Waals surface area contributed by atoms with E-state index in [-0.39, 0.29) is 0 Å². The highest BCUT2D eigenvalue weighted by molar-refractivity contribution is 7.25. The molecule has 10 rings (SSSR count). The van der Waals surface area contributed by atoms with Gasteiger partial charge in [-0.2, -0.15) is 0 Å². The minimum absolute atomic E-state index is 0.654. The zero-order chi connectivity index (χ0) is 32.3. The molecule has 0 amide bonds. The van der Waals surface area contributed by atoms with Gasteiger partial charge in [-0.15, -0.1) is 11.3 Å². The van der Waals surface area contributed by atoms with E-state index in [4.69, 9.17) is 15.0 Å². The normalized spacial score (nSPS) is 11.7. The molecule has 0 aliphatic carbocycles. The van der Waals surface area contributed by atoms with E-state index >= 15 is 0 Å². The first-order valence-corrected chi connectivity index (χ1v) is 17.3. The van der Waals surface area contributed by atoms with Crippen molar-refractivity contribution >= 4 is 63.8 Å². The van der Waals surface area contributed by atoms with E-state index in [1.165, 1.54) is 52.7 Å². The molecule has 0 aliphatic rings. The fourth-order valence-corrected chi connectivity index (χ4v) is 8.26. The molecule has 3 nitrogen and oxygen atoms in total. The number of fused-ring (bicyclic) bond motifs is 8. The fourth-order valence-electron chi connectivity index (χ4n) is 7.13. The summed E-state index contributed by atoms with van der Waals surface area (Å²) in [6.07, 6.45) is 0. The standard InChI is InChI=1S/C45H27N3S/c1-2-9-28(10-3-1)29-17-19-31(20-18-29)43-46-44(48-45(47-43)39-14-8-16-41-42(39)38-13-6-7-15-40(38)49-41)33-23-24-35-32(27-33)22-26-36-34-12-5-4-11-30(34)21-25-37(35)36/h1-27H. The third kappa shape index (κ3) is 4.68. The largest absolute Gasteiger partial charge is 0.208 e. The summed E-state index contributed by atoms with van der Waals surface area (Å²) >= 11 is 1.80. The van der Waals surface area contributed by atoms with Gasteiger partial charge in [-0.25, -0.2) is 15.0 Å². The molecule has 0 unspecified atom stereocenters. The Bertz CT molecular complexity index is 2870. The first kappa shape index (κ1) is 27.8. The van der Waals surface area contributed by atoms with Gasteiger partial charge in [0, 0.05) is 36.9 Å². The number of thiophene rings is 1. The fraction of sp³-hybridized carbons (Fsp3) is 0. The lowest BCUT2D eigenvalue weighted by atomic mass is 9.96. The molecule has 49 heavy (non-hydrogen) atoms. The Morgan fingerprint density at radius 3 is 1.73 bits per heavy atom. The topological polar surface area (TPSA) is 38.7 Å². The number of rotatable bonds is 4. The van der Waals surface area contributed by atoms with Crippen LogP contribution >= 0.6 is 11.3 Å². The van der Waals surface area contributed by atoms with Crippen molar-refractivity contribution in [1.82, 2.24) is 15.0 Å². The van der Waals surface area contributed by atoms with Crippen molar-refractivity contribution < 1.29 is 0 Å². The second-order valence-electron chi connectivity index (χ2n) is 12.4. The van der Waals surface area contributed by atoms with Crippen LogP contribution in [0.1, 0.15) is 0 Å². The van der Waals surface area contributed by atoms with Crippen molar-refractivity contribution in [2.24, 2.45) is 0 Å². The average Bonchev–Trinajstić information content (AvgIpc) is 3.57. The number of aromatic nitrogens is 3. The van der Waals surface area contributed by atoms with E-state index in [9.17, 15) is 0 Å². The molecule has 8 aromatic carbocycles. The second-order valence-corrected chi connectivity index (χ2v) is 13.5. The third-order valence-corrected chi connectivity index (χ3v) is 10.7. The van der Waals surface area contributed by atoms with E-state index < -0.39 is 0 Å². The van der Waals surface area contributed by atoms with Gasteiger partial charge in [0.2, 0.25) is 0 Å². The molecule has 10 aromatic rings. The lowest BCUT2D eigenvalue weighted by Gasteiger charge is -2.12. The monoisotopic (exact) mass is 641 g/mol. The van der Waals surface area contributed by atoms with E-state index in [1.54, 1.807) is 11.3 Å². The van der Waals surface area contributed by atoms with Crippen molar-refractivity contribution in [2.75, 3.05) is 0 Å². The van der Waals surface area contributed by atoms with Crippen LogP contribution in [0.3, 0.4) is 0 Å². The third-order valence-electron chi connectivity index (χ3n) is 9.53. The molecule has 0 aliphatic heterocycles.